The molecule has 33 heavy (non-hydrogen) atoms. The van der Waals surface area contributed by atoms with Crippen molar-refractivity contribution in [3.8, 4) is 0 Å². The Morgan fingerprint density at radius 3 is 2.45 bits per heavy atom. The number of carbonyl (C=O) groups excluding carboxylic acids is 2. The number of hydrogen-bond donors (Lipinski definition) is 2. The molecule has 0 saturated heterocycles. The zero-order chi connectivity index (χ0) is 24.1. The Morgan fingerprint density at radius 2 is 1.79 bits per heavy atom. The maximum Gasteiger partial charge on any atom is 0.251 e. The Hall–Kier alpha value is -2.40. The van der Waals surface area contributed by atoms with Crippen LogP contribution in [-0.4, -0.2) is 32.3 Å². The number of aromatic nitrogens is 3. The van der Waals surface area contributed by atoms with Crippen molar-refractivity contribution in [3.05, 3.63) is 68.5 Å². The molecule has 0 unspecified atom stereocenters. The van der Waals surface area contributed by atoms with E-state index < -0.39 is 0 Å². The van der Waals surface area contributed by atoms with Gasteiger partial charge in [-0.1, -0.05) is 43.3 Å². The van der Waals surface area contributed by atoms with Crippen LogP contribution in [0.1, 0.15) is 60.0 Å². The Bertz CT molecular complexity index is 1140. The SMILES string of the molecule is Cc1ccc(C(=O)N[C@@H](C)c2nnc(SCC(=O)Nc3ccc(I)cc3C(C)C)n2C)cc1. The van der Waals surface area contributed by atoms with Crippen molar-refractivity contribution in [2.75, 3.05) is 11.1 Å². The van der Waals surface area contributed by atoms with Crippen LogP contribution in [0.25, 0.3) is 0 Å². The van der Waals surface area contributed by atoms with Gasteiger partial charge in [-0.2, -0.15) is 0 Å². The number of rotatable bonds is 8. The molecule has 2 N–H and O–H groups in total. The first-order valence-corrected chi connectivity index (χ1v) is 12.7. The highest BCUT2D eigenvalue weighted by Crippen LogP contribution is 2.27. The van der Waals surface area contributed by atoms with Crippen molar-refractivity contribution in [1.29, 1.82) is 0 Å². The summed E-state index contributed by atoms with van der Waals surface area (Å²) in [6.07, 6.45) is 0. The van der Waals surface area contributed by atoms with Gasteiger partial charge in [0.1, 0.15) is 0 Å². The molecule has 2 amide bonds. The van der Waals surface area contributed by atoms with E-state index in [1.165, 1.54) is 11.8 Å². The lowest BCUT2D eigenvalue weighted by molar-refractivity contribution is -0.113. The number of nitrogens with zero attached hydrogens (tertiary/aromatic N) is 3. The second kappa shape index (κ2) is 11.1. The highest BCUT2D eigenvalue weighted by molar-refractivity contribution is 14.1. The Labute approximate surface area is 212 Å². The minimum absolute atomic E-state index is 0.103. The Morgan fingerprint density at radius 1 is 1.09 bits per heavy atom. The lowest BCUT2D eigenvalue weighted by Gasteiger charge is -2.15. The fraction of sp³-hybridized carbons (Fsp3) is 0.333. The van der Waals surface area contributed by atoms with Gasteiger partial charge in [0.2, 0.25) is 5.91 Å². The van der Waals surface area contributed by atoms with Crippen LogP contribution in [0.15, 0.2) is 47.6 Å². The van der Waals surface area contributed by atoms with E-state index in [0.29, 0.717) is 22.5 Å². The molecule has 174 valence electrons. The largest absolute Gasteiger partial charge is 0.342 e. The number of thioether (sulfide) groups is 1. The molecule has 3 rings (SSSR count). The van der Waals surface area contributed by atoms with Gasteiger partial charge in [0.05, 0.1) is 11.8 Å². The summed E-state index contributed by atoms with van der Waals surface area (Å²) in [6.45, 7) is 8.06. The topological polar surface area (TPSA) is 88.9 Å². The van der Waals surface area contributed by atoms with Crippen molar-refractivity contribution in [1.82, 2.24) is 20.1 Å². The van der Waals surface area contributed by atoms with E-state index in [-0.39, 0.29) is 23.6 Å². The Kier molecular flexibility index (Phi) is 8.52. The first kappa shape index (κ1) is 25.2. The summed E-state index contributed by atoms with van der Waals surface area (Å²) >= 11 is 3.59. The van der Waals surface area contributed by atoms with E-state index in [1.807, 2.05) is 49.7 Å². The van der Waals surface area contributed by atoms with Gasteiger partial charge in [-0.05, 0) is 78.3 Å². The highest BCUT2D eigenvalue weighted by Gasteiger charge is 2.19. The van der Waals surface area contributed by atoms with Crippen LogP contribution in [0.5, 0.6) is 0 Å². The van der Waals surface area contributed by atoms with Gasteiger partial charge in [-0.25, -0.2) is 0 Å². The van der Waals surface area contributed by atoms with Crippen LogP contribution < -0.4 is 10.6 Å². The van der Waals surface area contributed by atoms with E-state index in [4.69, 9.17) is 0 Å². The molecule has 7 nitrogen and oxygen atoms in total. The van der Waals surface area contributed by atoms with E-state index in [1.54, 1.807) is 12.1 Å². The van der Waals surface area contributed by atoms with Crippen LogP contribution in [0.2, 0.25) is 0 Å². The van der Waals surface area contributed by atoms with Crippen molar-refractivity contribution in [2.45, 2.75) is 44.8 Å². The van der Waals surface area contributed by atoms with Gasteiger partial charge >= 0.3 is 0 Å². The number of benzene rings is 2. The lowest BCUT2D eigenvalue weighted by atomic mass is 10.0. The first-order valence-electron chi connectivity index (χ1n) is 10.6. The molecule has 3 aromatic rings. The van der Waals surface area contributed by atoms with Crippen LogP contribution in [0, 0.1) is 10.5 Å². The molecule has 0 saturated carbocycles. The third kappa shape index (κ3) is 6.57. The molecule has 0 aliphatic carbocycles. The molecule has 1 heterocycles. The van der Waals surface area contributed by atoms with Gasteiger partial charge in [-0.3, -0.25) is 9.59 Å². The zero-order valence-electron chi connectivity index (χ0n) is 19.3. The summed E-state index contributed by atoms with van der Waals surface area (Å²) < 4.78 is 2.95. The smallest absolute Gasteiger partial charge is 0.251 e. The summed E-state index contributed by atoms with van der Waals surface area (Å²) in [6, 6.07) is 13.1. The first-order chi connectivity index (χ1) is 15.7. The van der Waals surface area contributed by atoms with Gasteiger partial charge in [0.15, 0.2) is 11.0 Å². The van der Waals surface area contributed by atoms with Gasteiger partial charge in [0, 0.05) is 21.9 Å². The molecule has 1 aromatic heterocycles. The number of aryl methyl sites for hydroxylation is 1. The summed E-state index contributed by atoms with van der Waals surface area (Å²) in [7, 11) is 1.83. The fourth-order valence-corrected chi connectivity index (χ4v) is 4.55. The molecule has 2 aromatic carbocycles. The standard InChI is InChI=1S/C24H28IN5O2S/c1-14(2)19-12-18(25)10-11-20(19)27-21(31)13-33-24-29-28-22(30(24)5)16(4)26-23(32)17-8-6-15(3)7-9-17/h6-12,14,16H,13H2,1-5H3,(H,26,32)(H,27,31)/t16-/m0/s1. The summed E-state index contributed by atoms with van der Waals surface area (Å²) in [5, 5.41) is 15.0. The molecule has 9 heteroatoms. The Balaban J connectivity index is 1.60. The monoisotopic (exact) mass is 577 g/mol. The second-order valence-corrected chi connectivity index (χ2v) is 10.4. The average Bonchev–Trinajstić information content (AvgIpc) is 3.14. The number of hydrogen-bond acceptors (Lipinski definition) is 5. The normalized spacial score (nSPS) is 12.0. The molecule has 0 bridgehead atoms. The maximum absolute atomic E-state index is 12.6. The number of halogens is 1. The van der Waals surface area contributed by atoms with E-state index in [2.05, 4.69) is 63.3 Å². The zero-order valence-corrected chi connectivity index (χ0v) is 22.3. The number of amides is 2. The second-order valence-electron chi connectivity index (χ2n) is 8.18. The number of carbonyl (C=O) groups is 2. The van der Waals surface area contributed by atoms with Crippen LogP contribution in [-0.2, 0) is 11.8 Å². The van der Waals surface area contributed by atoms with Crippen LogP contribution in [0.4, 0.5) is 5.69 Å². The molecule has 0 aliphatic rings. The molecule has 0 aliphatic heterocycles. The van der Waals surface area contributed by atoms with Crippen LogP contribution >= 0.6 is 34.4 Å². The number of anilines is 1. The van der Waals surface area contributed by atoms with Gasteiger partial charge < -0.3 is 15.2 Å². The third-order valence-corrected chi connectivity index (χ3v) is 6.85. The predicted octanol–water partition coefficient (Wildman–Crippen LogP) is 5.07. The minimum Gasteiger partial charge on any atom is -0.342 e. The van der Waals surface area contributed by atoms with E-state index in [0.717, 1.165) is 20.4 Å². The van der Waals surface area contributed by atoms with Gasteiger partial charge in [-0.15, -0.1) is 10.2 Å². The van der Waals surface area contributed by atoms with Crippen molar-refractivity contribution < 1.29 is 9.59 Å². The average molecular weight is 577 g/mol. The highest BCUT2D eigenvalue weighted by atomic mass is 127. The summed E-state index contributed by atoms with van der Waals surface area (Å²) in [5.41, 5.74) is 3.64. The van der Waals surface area contributed by atoms with Crippen LogP contribution in [0.3, 0.4) is 0 Å². The third-order valence-electron chi connectivity index (χ3n) is 5.16. The fourth-order valence-electron chi connectivity index (χ4n) is 3.32. The van der Waals surface area contributed by atoms with E-state index in [9.17, 15) is 9.59 Å². The van der Waals surface area contributed by atoms with E-state index >= 15 is 0 Å². The quantitative estimate of drug-likeness (QED) is 0.288. The van der Waals surface area contributed by atoms with Gasteiger partial charge in [0.25, 0.3) is 5.91 Å². The molecule has 1 atom stereocenters. The molecule has 0 spiro atoms. The number of nitrogens with one attached hydrogen (secondary N) is 2. The van der Waals surface area contributed by atoms with Crippen molar-refractivity contribution >= 4 is 51.9 Å². The molecule has 0 fully saturated rings. The summed E-state index contributed by atoms with van der Waals surface area (Å²) in [4.78, 5) is 25.1. The maximum atomic E-state index is 12.6. The molecular weight excluding hydrogens is 549 g/mol. The van der Waals surface area contributed by atoms with Crippen molar-refractivity contribution in [3.63, 3.8) is 0 Å². The summed E-state index contributed by atoms with van der Waals surface area (Å²) in [5.74, 6) is 0.865. The predicted molar refractivity (Wildman–Crippen MR) is 141 cm³/mol. The minimum atomic E-state index is -0.333. The molecule has 0 radical (unpaired) electrons. The lowest BCUT2D eigenvalue weighted by Crippen LogP contribution is -2.28. The molecular formula is C24H28IN5O2S. The van der Waals surface area contributed by atoms with Crippen molar-refractivity contribution in [2.24, 2.45) is 7.05 Å².